The highest BCUT2D eigenvalue weighted by molar-refractivity contribution is 9.10. The highest BCUT2D eigenvalue weighted by Crippen LogP contribution is 2.43. The molecule has 35 heavy (non-hydrogen) atoms. The number of ether oxygens (including phenoxy) is 1. The van der Waals surface area contributed by atoms with E-state index in [4.69, 9.17) is 4.74 Å². The van der Waals surface area contributed by atoms with Gasteiger partial charge in [-0.05, 0) is 59.0 Å². The molecule has 1 aromatic carbocycles. The normalized spacial score (nSPS) is 21.5. The number of aliphatic hydroxyl groups excluding tert-OH is 1. The third-order valence-electron chi connectivity index (χ3n) is 6.56. The Balaban J connectivity index is 1.39. The molecule has 2 aliphatic rings. The molecule has 0 aliphatic carbocycles. The van der Waals surface area contributed by atoms with Crippen molar-refractivity contribution in [3.63, 3.8) is 0 Å². The number of amides is 1. The zero-order valence-corrected chi connectivity index (χ0v) is 21.2. The van der Waals surface area contributed by atoms with Crippen LogP contribution in [0.15, 0.2) is 34.9 Å². The van der Waals surface area contributed by atoms with Crippen molar-refractivity contribution in [2.75, 3.05) is 19.8 Å². The van der Waals surface area contributed by atoms with Crippen LogP contribution in [0.5, 0.6) is 5.06 Å². The molecule has 186 valence electrons. The molecule has 0 spiro atoms. The van der Waals surface area contributed by atoms with Crippen LogP contribution in [0.2, 0.25) is 0 Å². The highest BCUT2D eigenvalue weighted by atomic mass is 79.9. The number of carbonyl (C=O) groups is 1. The van der Waals surface area contributed by atoms with Crippen molar-refractivity contribution in [2.24, 2.45) is 0 Å². The molecule has 0 saturated carbocycles. The average molecular weight is 567 g/mol. The Kier molecular flexibility index (Phi) is 7.19. The van der Waals surface area contributed by atoms with E-state index in [-0.39, 0.29) is 30.5 Å². The van der Waals surface area contributed by atoms with Crippen molar-refractivity contribution in [3.8, 4) is 16.3 Å². The lowest BCUT2D eigenvalue weighted by Gasteiger charge is -2.38. The first-order chi connectivity index (χ1) is 16.9. The second-order valence-electron chi connectivity index (χ2n) is 8.79. The van der Waals surface area contributed by atoms with E-state index in [1.54, 1.807) is 12.3 Å². The van der Waals surface area contributed by atoms with Gasteiger partial charge in [-0.1, -0.05) is 17.4 Å². The maximum atomic E-state index is 14.0. The molecule has 2 aromatic heterocycles. The maximum Gasteiger partial charge on any atom is 0.261 e. The summed E-state index contributed by atoms with van der Waals surface area (Å²) in [4.78, 5) is 13.8. The first-order valence-electron chi connectivity index (χ1n) is 11.5. The number of aliphatic hydroxyl groups is 1. The molecular formula is C24H25BrF2N4O3S. The minimum Gasteiger partial charge on any atom is -0.481 e. The number of aromatic nitrogens is 2. The number of fused-ring (bicyclic) bond motifs is 3. The van der Waals surface area contributed by atoms with E-state index in [9.17, 15) is 18.7 Å². The summed E-state index contributed by atoms with van der Waals surface area (Å²) < 4.78 is 36.2. The number of benzene rings is 1. The average Bonchev–Trinajstić information content (AvgIpc) is 3.38. The van der Waals surface area contributed by atoms with Crippen LogP contribution in [0, 0.1) is 11.6 Å². The smallest absolute Gasteiger partial charge is 0.261 e. The number of halogens is 3. The van der Waals surface area contributed by atoms with Crippen LogP contribution in [-0.2, 0) is 6.54 Å². The van der Waals surface area contributed by atoms with E-state index >= 15 is 0 Å². The monoisotopic (exact) mass is 566 g/mol. The van der Waals surface area contributed by atoms with Gasteiger partial charge >= 0.3 is 0 Å². The van der Waals surface area contributed by atoms with Gasteiger partial charge in [-0.25, -0.2) is 8.78 Å². The summed E-state index contributed by atoms with van der Waals surface area (Å²) in [6.07, 6.45) is 3.77. The Morgan fingerprint density at radius 2 is 2.20 bits per heavy atom. The second-order valence-corrected chi connectivity index (χ2v) is 10.7. The number of hydrogen-bond acceptors (Lipinski definition) is 6. The second kappa shape index (κ2) is 10.3. The summed E-state index contributed by atoms with van der Waals surface area (Å²) in [6.45, 7) is 1.64. The van der Waals surface area contributed by atoms with Gasteiger partial charge in [0.15, 0.2) is 16.7 Å². The molecule has 1 amide bonds. The first kappa shape index (κ1) is 24.4. The van der Waals surface area contributed by atoms with Crippen molar-refractivity contribution in [2.45, 2.75) is 43.8 Å². The molecule has 5 rings (SSSR count). The van der Waals surface area contributed by atoms with Crippen molar-refractivity contribution in [3.05, 3.63) is 57.0 Å². The van der Waals surface area contributed by atoms with Crippen LogP contribution in [-0.4, -0.2) is 52.6 Å². The van der Waals surface area contributed by atoms with Gasteiger partial charge in [-0.15, -0.1) is 0 Å². The summed E-state index contributed by atoms with van der Waals surface area (Å²) in [5, 5.41) is 20.8. The molecule has 1 fully saturated rings. The predicted molar refractivity (Wildman–Crippen MR) is 132 cm³/mol. The molecule has 3 N–H and O–H groups in total. The van der Waals surface area contributed by atoms with E-state index < -0.39 is 11.6 Å². The molecule has 7 nitrogen and oxygen atoms in total. The molecule has 0 bridgehead atoms. The fourth-order valence-corrected chi connectivity index (χ4v) is 6.28. The van der Waals surface area contributed by atoms with E-state index in [0.717, 1.165) is 28.2 Å². The summed E-state index contributed by atoms with van der Waals surface area (Å²) in [7, 11) is 0. The Morgan fingerprint density at radius 3 is 3.00 bits per heavy atom. The van der Waals surface area contributed by atoms with Gasteiger partial charge in [0, 0.05) is 31.2 Å². The number of nitrogens with one attached hydrogen (secondary N) is 2. The number of rotatable bonds is 6. The predicted octanol–water partition coefficient (Wildman–Crippen LogP) is 4.06. The molecular weight excluding hydrogens is 542 g/mol. The minimum absolute atomic E-state index is 0.0916. The van der Waals surface area contributed by atoms with Gasteiger partial charge < -0.3 is 20.5 Å². The van der Waals surface area contributed by atoms with Crippen LogP contribution in [0.25, 0.3) is 11.3 Å². The quantitative estimate of drug-likeness (QED) is 0.418. The van der Waals surface area contributed by atoms with Crippen LogP contribution in [0.3, 0.4) is 0 Å². The summed E-state index contributed by atoms with van der Waals surface area (Å²) in [5.41, 5.74) is 2.33. The van der Waals surface area contributed by atoms with E-state index in [0.29, 0.717) is 48.0 Å². The lowest BCUT2D eigenvalue weighted by atomic mass is 9.81. The van der Waals surface area contributed by atoms with Gasteiger partial charge in [0.05, 0.1) is 33.3 Å². The fraction of sp³-hybridized carbons (Fsp3) is 0.417. The Morgan fingerprint density at radius 1 is 1.34 bits per heavy atom. The molecule has 3 aromatic rings. The van der Waals surface area contributed by atoms with Gasteiger partial charge in [0.2, 0.25) is 0 Å². The fourth-order valence-electron chi connectivity index (χ4n) is 4.83. The zero-order chi connectivity index (χ0) is 24.5. The molecule has 0 radical (unpaired) electrons. The third kappa shape index (κ3) is 5.00. The van der Waals surface area contributed by atoms with Gasteiger partial charge in [0.1, 0.15) is 6.61 Å². The van der Waals surface area contributed by atoms with Crippen LogP contribution >= 0.6 is 27.3 Å². The van der Waals surface area contributed by atoms with Crippen LogP contribution in [0.4, 0.5) is 8.78 Å². The molecule has 0 unspecified atom stereocenters. The highest BCUT2D eigenvalue weighted by Gasteiger charge is 2.34. The Bertz CT molecular complexity index is 1230. The van der Waals surface area contributed by atoms with E-state index in [1.165, 1.54) is 17.4 Å². The standard InChI is InChI=1S/C24H25BrF2N4O3S/c25-17-11-29-31-5-7-34-24-16(22(17)31)10-21(35-24)23(33)30-20-12-28-14(2-1-6-32)9-15(20)13-3-4-18(26)19(27)8-13/h3-4,8,10-11,14-15,20,28,32H,1-2,5-7,9,12H2,(H,30,33)/t14-,15+,20-/m1/s1. The minimum atomic E-state index is -0.903. The molecule has 4 heterocycles. The number of thiophene rings is 1. The van der Waals surface area contributed by atoms with E-state index in [2.05, 4.69) is 31.7 Å². The molecule has 1 saturated heterocycles. The van der Waals surface area contributed by atoms with Gasteiger partial charge in [-0.3, -0.25) is 9.48 Å². The first-order valence-corrected chi connectivity index (χ1v) is 13.1. The van der Waals surface area contributed by atoms with Gasteiger partial charge in [0.25, 0.3) is 5.91 Å². The maximum absolute atomic E-state index is 14.0. The molecule has 11 heteroatoms. The van der Waals surface area contributed by atoms with E-state index in [1.807, 2.05) is 10.7 Å². The Labute approximate surface area is 213 Å². The Hall–Kier alpha value is -2.34. The van der Waals surface area contributed by atoms with Crippen molar-refractivity contribution < 1.29 is 23.4 Å². The lowest BCUT2D eigenvalue weighted by molar-refractivity contribution is 0.0922. The number of hydrogen-bond donors (Lipinski definition) is 3. The van der Waals surface area contributed by atoms with Crippen molar-refractivity contribution in [1.82, 2.24) is 20.4 Å². The van der Waals surface area contributed by atoms with Crippen LogP contribution in [0.1, 0.15) is 40.4 Å². The van der Waals surface area contributed by atoms with Crippen molar-refractivity contribution >= 4 is 33.2 Å². The molecule has 2 aliphatic heterocycles. The summed E-state index contributed by atoms with van der Waals surface area (Å²) in [6, 6.07) is 5.52. The zero-order valence-electron chi connectivity index (χ0n) is 18.8. The number of piperidine rings is 1. The third-order valence-corrected chi connectivity index (χ3v) is 8.18. The molecule has 3 atom stereocenters. The summed E-state index contributed by atoms with van der Waals surface area (Å²) >= 11 is 4.81. The number of carbonyl (C=O) groups excluding carboxylic acids is 1. The SMILES string of the molecule is O=C(N[C@@H]1CN[C@H](CCCO)C[C@H]1c1ccc(F)c(F)c1)c1cc2c(s1)OCCn1ncc(Br)c1-2. The van der Waals surface area contributed by atoms with Crippen molar-refractivity contribution in [1.29, 1.82) is 0 Å². The topological polar surface area (TPSA) is 88.4 Å². The largest absolute Gasteiger partial charge is 0.481 e. The number of nitrogens with zero attached hydrogens (tertiary/aromatic N) is 2. The van der Waals surface area contributed by atoms with Gasteiger partial charge in [-0.2, -0.15) is 5.10 Å². The summed E-state index contributed by atoms with van der Waals surface area (Å²) in [5.74, 6) is -2.25. The lowest BCUT2D eigenvalue weighted by Crippen LogP contribution is -2.53. The van der Waals surface area contributed by atoms with Crippen LogP contribution < -0.4 is 15.4 Å².